The van der Waals surface area contributed by atoms with Gasteiger partial charge in [-0.15, -0.1) is 11.3 Å². The van der Waals surface area contributed by atoms with E-state index in [1.165, 1.54) is 11.3 Å². The number of furan rings is 1. The quantitative estimate of drug-likeness (QED) is 0.819. The van der Waals surface area contributed by atoms with Gasteiger partial charge in [-0.3, -0.25) is 0 Å². The van der Waals surface area contributed by atoms with Gasteiger partial charge in [0.25, 0.3) is 0 Å². The van der Waals surface area contributed by atoms with Gasteiger partial charge in [0.2, 0.25) is 10.0 Å². The van der Waals surface area contributed by atoms with E-state index in [2.05, 4.69) is 10.0 Å². The van der Waals surface area contributed by atoms with Crippen molar-refractivity contribution in [2.45, 2.75) is 24.8 Å². The van der Waals surface area contributed by atoms with Gasteiger partial charge in [-0.1, -0.05) is 0 Å². The third-order valence-corrected chi connectivity index (χ3v) is 5.76. The molecule has 5 nitrogen and oxygen atoms in total. The molecule has 0 spiro atoms. The Morgan fingerprint density at radius 1 is 1.40 bits per heavy atom. The number of thiophene rings is 1. The smallest absolute Gasteiger partial charge is 0.241 e. The summed E-state index contributed by atoms with van der Waals surface area (Å²) < 4.78 is 32.6. The maximum atomic E-state index is 12.4. The molecule has 0 atom stereocenters. The van der Waals surface area contributed by atoms with Crippen molar-refractivity contribution in [2.75, 3.05) is 13.6 Å². The number of aryl methyl sites for hydroxylation is 1. The Morgan fingerprint density at radius 2 is 2.20 bits per heavy atom. The van der Waals surface area contributed by atoms with E-state index in [0.29, 0.717) is 24.4 Å². The van der Waals surface area contributed by atoms with Crippen LogP contribution in [0.1, 0.15) is 16.2 Å². The van der Waals surface area contributed by atoms with Crippen molar-refractivity contribution in [1.29, 1.82) is 0 Å². The van der Waals surface area contributed by atoms with Crippen LogP contribution in [0.4, 0.5) is 0 Å². The van der Waals surface area contributed by atoms with E-state index >= 15 is 0 Å². The van der Waals surface area contributed by atoms with Gasteiger partial charge in [0.15, 0.2) is 0 Å². The first-order valence-corrected chi connectivity index (χ1v) is 8.64. The van der Waals surface area contributed by atoms with E-state index in [1.54, 1.807) is 19.4 Å². The highest BCUT2D eigenvalue weighted by Gasteiger charge is 2.22. The fourth-order valence-electron chi connectivity index (χ4n) is 1.97. The molecular formula is C13H18N2O3S2. The summed E-state index contributed by atoms with van der Waals surface area (Å²) in [5.74, 6) is 0.769. The molecule has 2 N–H and O–H groups in total. The summed E-state index contributed by atoms with van der Waals surface area (Å²) in [5.41, 5.74) is 0.783. The summed E-state index contributed by atoms with van der Waals surface area (Å²) in [6, 6.07) is 3.62. The normalized spacial score (nSPS) is 11.9. The Morgan fingerprint density at radius 3 is 2.85 bits per heavy atom. The molecule has 2 rings (SSSR count). The molecule has 0 radical (unpaired) electrons. The van der Waals surface area contributed by atoms with E-state index in [4.69, 9.17) is 4.42 Å². The minimum atomic E-state index is -3.47. The maximum absolute atomic E-state index is 12.4. The molecule has 0 bridgehead atoms. The van der Waals surface area contributed by atoms with Crippen LogP contribution in [0.2, 0.25) is 0 Å². The Labute approximate surface area is 123 Å². The van der Waals surface area contributed by atoms with Crippen molar-refractivity contribution in [1.82, 2.24) is 10.0 Å². The van der Waals surface area contributed by atoms with E-state index in [0.717, 1.165) is 16.2 Å². The number of sulfonamides is 1. The molecule has 0 saturated carbocycles. The van der Waals surface area contributed by atoms with Gasteiger partial charge >= 0.3 is 0 Å². The van der Waals surface area contributed by atoms with E-state index in [9.17, 15) is 8.42 Å². The van der Waals surface area contributed by atoms with Crippen LogP contribution in [-0.2, 0) is 23.0 Å². The zero-order chi connectivity index (χ0) is 14.6. The van der Waals surface area contributed by atoms with Gasteiger partial charge in [-0.05, 0) is 37.0 Å². The highest BCUT2D eigenvalue weighted by molar-refractivity contribution is 7.89. The lowest BCUT2D eigenvalue weighted by Crippen LogP contribution is -2.27. The fraction of sp³-hybridized carbons (Fsp3) is 0.385. The van der Waals surface area contributed by atoms with Crippen LogP contribution in [0.5, 0.6) is 0 Å². The molecule has 2 aromatic heterocycles. The zero-order valence-corrected chi connectivity index (χ0v) is 13.1. The molecule has 0 amide bonds. The van der Waals surface area contributed by atoms with Gasteiger partial charge in [0, 0.05) is 24.4 Å². The highest BCUT2D eigenvalue weighted by atomic mass is 32.2. The molecular weight excluding hydrogens is 296 g/mol. The molecule has 110 valence electrons. The second kappa shape index (κ2) is 6.53. The first-order valence-electron chi connectivity index (χ1n) is 6.28. The van der Waals surface area contributed by atoms with E-state index < -0.39 is 10.0 Å². The molecule has 2 aromatic rings. The van der Waals surface area contributed by atoms with Crippen LogP contribution in [0.3, 0.4) is 0 Å². The van der Waals surface area contributed by atoms with Gasteiger partial charge < -0.3 is 9.73 Å². The topological polar surface area (TPSA) is 71.3 Å². The molecule has 7 heteroatoms. The monoisotopic (exact) mass is 314 g/mol. The highest BCUT2D eigenvalue weighted by Crippen LogP contribution is 2.26. The lowest BCUT2D eigenvalue weighted by molar-refractivity contribution is 0.506. The van der Waals surface area contributed by atoms with Crippen LogP contribution in [-0.4, -0.2) is 22.0 Å². The van der Waals surface area contributed by atoms with Crippen molar-refractivity contribution < 1.29 is 12.8 Å². The van der Waals surface area contributed by atoms with Crippen molar-refractivity contribution in [3.05, 3.63) is 40.0 Å². The summed E-state index contributed by atoms with van der Waals surface area (Å²) in [5, 5.41) is 4.86. The maximum Gasteiger partial charge on any atom is 0.241 e. The van der Waals surface area contributed by atoms with Crippen LogP contribution in [0, 0.1) is 6.92 Å². The zero-order valence-electron chi connectivity index (χ0n) is 11.5. The average Bonchev–Trinajstić information content (AvgIpc) is 3.00. The third kappa shape index (κ3) is 3.49. The Bertz CT molecular complexity index is 645. The standard InChI is InChI=1S/C13H18N2O3S2/c1-10-9-19-12(8-14-2)13(10)20(16,17)15-6-5-11-4-3-7-18-11/h3-4,7,9,14-15H,5-6,8H2,1-2H3. The number of hydrogen-bond donors (Lipinski definition) is 2. The first-order chi connectivity index (χ1) is 9.54. The lowest BCUT2D eigenvalue weighted by Gasteiger charge is -2.08. The first kappa shape index (κ1) is 15.2. The van der Waals surface area contributed by atoms with E-state index in [1.807, 2.05) is 18.4 Å². The molecule has 0 aliphatic heterocycles. The molecule has 0 aliphatic carbocycles. The average molecular weight is 314 g/mol. The Balaban J connectivity index is 2.08. The molecule has 0 aliphatic rings. The summed E-state index contributed by atoms with van der Waals surface area (Å²) in [7, 11) is -1.67. The SMILES string of the molecule is CNCc1scc(C)c1S(=O)(=O)NCCc1ccco1. The van der Waals surface area contributed by atoms with Gasteiger partial charge in [0.1, 0.15) is 10.7 Å². The van der Waals surface area contributed by atoms with Gasteiger partial charge in [-0.2, -0.15) is 0 Å². The lowest BCUT2D eigenvalue weighted by atomic mass is 10.3. The number of hydrogen-bond acceptors (Lipinski definition) is 5. The Hall–Kier alpha value is -1.15. The number of nitrogens with one attached hydrogen (secondary N) is 2. The van der Waals surface area contributed by atoms with Gasteiger partial charge in [-0.25, -0.2) is 13.1 Å². The van der Waals surface area contributed by atoms with Crippen LogP contribution in [0.25, 0.3) is 0 Å². The Kier molecular flexibility index (Phi) is 4.98. The predicted molar refractivity (Wildman–Crippen MR) is 79.4 cm³/mol. The summed E-state index contributed by atoms with van der Waals surface area (Å²) in [4.78, 5) is 1.23. The second-order valence-electron chi connectivity index (χ2n) is 4.43. The number of rotatable bonds is 7. The third-order valence-electron chi connectivity index (χ3n) is 2.84. The molecule has 0 unspecified atom stereocenters. The minimum Gasteiger partial charge on any atom is -0.469 e. The van der Waals surface area contributed by atoms with Gasteiger partial charge in [0.05, 0.1) is 6.26 Å². The summed E-state index contributed by atoms with van der Waals surface area (Å²) in [6.07, 6.45) is 2.12. The largest absolute Gasteiger partial charge is 0.469 e. The minimum absolute atomic E-state index is 0.324. The predicted octanol–water partition coefficient (Wildman–Crippen LogP) is 1.89. The fourth-order valence-corrected chi connectivity index (χ4v) is 4.82. The molecule has 20 heavy (non-hydrogen) atoms. The van der Waals surface area contributed by atoms with Crippen LogP contribution < -0.4 is 10.0 Å². The van der Waals surface area contributed by atoms with Crippen molar-refractivity contribution in [3.8, 4) is 0 Å². The van der Waals surface area contributed by atoms with Crippen molar-refractivity contribution in [3.63, 3.8) is 0 Å². The van der Waals surface area contributed by atoms with Crippen molar-refractivity contribution >= 4 is 21.4 Å². The van der Waals surface area contributed by atoms with Crippen molar-refractivity contribution in [2.24, 2.45) is 0 Å². The summed E-state index contributed by atoms with van der Waals surface area (Å²) >= 11 is 1.46. The summed E-state index contributed by atoms with van der Waals surface area (Å²) in [6.45, 7) is 2.69. The molecule has 0 aromatic carbocycles. The van der Waals surface area contributed by atoms with Crippen LogP contribution in [0.15, 0.2) is 33.1 Å². The molecule has 0 fully saturated rings. The molecule has 0 saturated heterocycles. The van der Waals surface area contributed by atoms with E-state index in [-0.39, 0.29) is 0 Å². The second-order valence-corrected chi connectivity index (χ2v) is 7.10. The molecule has 2 heterocycles. The van der Waals surface area contributed by atoms with Crippen LogP contribution >= 0.6 is 11.3 Å².